The first kappa shape index (κ1) is 15.0. The molecule has 1 aliphatic heterocycles. The van der Waals surface area contributed by atoms with Crippen LogP contribution in [0.15, 0.2) is 21.9 Å². The second kappa shape index (κ2) is 6.46. The van der Waals surface area contributed by atoms with Crippen molar-refractivity contribution in [2.45, 2.75) is 42.3 Å². The molecule has 1 saturated heterocycles. The highest BCUT2D eigenvalue weighted by atomic mass is 32.2. The molecule has 2 atom stereocenters. The Hall–Kier alpha value is -0.920. The first-order valence-corrected chi connectivity index (χ1v) is 9.53. The van der Waals surface area contributed by atoms with Gasteiger partial charge in [0, 0.05) is 11.4 Å². The van der Waals surface area contributed by atoms with E-state index in [1.54, 1.807) is 22.7 Å². The number of likely N-dealkylation sites (tertiary alicyclic amines) is 1. The molecular formula is C14H17N3OS3. The van der Waals surface area contributed by atoms with E-state index in [4.69, 9.17) is 0 Å². The SMILES string of the molecule is Cc1nnc(S[C@H](C)C(=O)N2CCC[C@@H]2c2cccs2)s1. The van der Waals surface area contributed by atoms with E-state index >= 15 is 0 Å². The second-order valence-electron chi connectivity index (χ2n) is 5.05. The van der Waals surface area contributed by atoms with Gasteiger partial charge in [-0.05, 0) is 38.1 Å². The highest BCUT2D eigenvalue weighted by Gasteiger charge is 2.33. The Morgan fingerprint density at radius 1 is 1.52 bits per heavy atom. The van der Waals surface area contributed by atoms with Crippen LogP contribution in [0.3, 0.4) is 0 Å². The molecule has 2 aromatic rings. The van der Waals surface area contributed by atoms with E-state index in [0.29, 0.717) is 0 Å². The molecule has 1 amide bonds. The highest BCUT2D eigenvalue weighted by molar-refractivity contribution is 8.02. The van der Waals surface area contributed by atoms with Crippen molar-refractivity contribution in [1.29, 1.82) is 0 Å². The number of carbonyl (C=O) groups is 1. The number of aromatic nitrogens is 2. The molecule has 21 heavy (non-hydrogen) atoms. The van der Waals surface area contributed by atoms with Crippen molar-refractivity contribution < 1.29 is 4.79 Å². The zero-order valence-electron chi connectivity index (χ0n) is 12.0. The van der Waals surface area contributed by atoms with E-state index in [2.05, 4.69) is 27.7 Å². The van der Waals surface area contributed by atoms with Crippen molar-refractivity contribution >= 4 is 40.3 Å². The molecule has 1 aliphatic rings. The van der Waals surface area contributed by atoms with Crippen LogP contribution in [0.1, 0.15) is 35.7 Å². The first-order chi connectivity index (χ1) is 10.1. The lowest BCUT2D eigenvalue weighted by Gasteiger charge is -2.26. The summed E-state index contributed by atoms with van der Waals surface area (Å²) < 4.78 is 0.875. The van der Waals surface area contributed by atoms with Crippen molar-refractivity contribution in [3.05, 3.63) is 27.4 Å². The molecular weight excluding hydrogens is 322 g/mol. The van der Waals surface area contributed by atoms with Crippen LogP contribution in [0.4, 0.5) is 0 Å². The zero-order chi connectivity index (χ0) is 14.8. The van der Waals surface area contributed by atoms with Crippen molar-refractivity contribution in [2.24, 2.45) is 0 Å². The van der Waals surface area contributed by atoms with Gasteiger partial charge in [-0.2, -0.15) is 0 Å². The number of carbonyl (C=O) groups excluding carboxylic acids is 1. The Balaban J connectivity index is 1.68. The summed E-state index contributed by atoms with van der Waals surface area (Å²) in [4.78, 5) is 16.1. The van der Waals surface area contributed by atoms with Gasteiger partial charge in [0.15, 0.2) is 4.34 Å². The van der Waals surface area contributed by atoms with E-state index in [9.17, 15) is 4.79 Å². The molecule has 3 rings (SSSR count). The van der Waals surface area contributed by atoms with Crippen molar-refractivity contribution in [3.63, 3.8) is 0 Å². The third-order valence-corrected chi connectivity index (χ3v) is 6.52. The van der Waals surface area contributed by atoms with Crippen LogP contribution in [0.2, 0.25) is 0 Å². The lowest BCUT2D eigenvalue weighted by Crippen LogP contribution is -2.35. The fourth-order valence-electron chi connectivity index (χ4n) is 2.57. The molecule has 0 aromatic carbocycles. The Kier molecular flexibility index (Phi) is 4.61. The van der Waals surface area contributed by atoms with Crippen molar-refractivity contribution in [3.8, 4) is 0 Å². The Labute approximate surface area is 136 Å². The molecule has 0 radical (unpaired) electrons. The van der Waals surface area contributed by atoms with Gasteiger partial charge in [-0.15, -0.1) is 21.5 Å². The predicted octanol–water partition coefficient (Wildman–Crippen LogP) is 3.75. The van der Waals surface area contributed by atoms with Crippen LogP contribution >= 0.6 is 34.4 Å². The molecule has 4 nitrogen and oxygen atoms in total. The molecule has 0 aliphatic carbocycles. The third kappa shape index (κ3) is 3.30. The summed E-state index contributed by atoms with van der Waals surface area (Å²) in [6.45, 7) is 4.76. The lowest BCUT2D eigenvalue weighted by atomic mass is 10.2. The summed E-state index contributed by atoms with van der Waals surface area (Å²) in [6, 6.07) is 4.45. The summed E-state index contributed by atoms with van der Waals surface area (Å²) in [5.41, 5.74) is 0. The minimum atomic E-state index is -0.113. The molecule has 1 fully saturated rings. The number of thiophene rings is 1. The van der Waals surface area contributed by atoms with Gasteiger partial charge in [0.1, 0.15) is 5.01 Å². The van der Waals surface area contributed by atoms with Gasteiger partial charge in [-0.3, -0.25) is 4.79 Å². The molecule has 112 valence electrons. The monoisotopic (exact) mass is 339 g/mol. The van der Waals surface area contributed by atoms with Gasteiger partial charge in [0.05, 0.1) is 11.3 Å². The normalized spacial score (nSPS) is 19.9. The average Bonchev–Trinajstić information content (AvgIpc) is 3.18. The first-order valence-electron chi connectivity index (χ1n) is 6.96. The summed E-state index contributed by atoms with van der Waals surface area (Å²) in [5.74, 6) is 0.212. The number of aryl methyl sites for hydroxylation is 1. The highest BCUT2D eigenvalue weighted by Crippen LogP contribution is 2.37. The molecule has 2 aromatic heterocycles. The van der Waals surface area contributed by atoms with Gasteiger partial charge < -0.3 is 4.90 Å². The van der Waals surface area contributed by atoms with Gasteiger partial charge in [-0.1, -0.05) is 29.2 Å². The Morgan fingerprint density at radius 2 is 2.38 bits per heavy atom. The van der Waals surface area contributed by atoms with Gasteiger partial charge in [-0.25, -0.2) is 0 Å². The standard InChI is InChI=1S/C14H17N3OS3/c1-9(20-14-16-15-10(2)21-14)13(18)17-7-3-5-11(17)12-6-4-8-19-12/h4,6,8-9,11H,3,5,7H2,1-2H3/t9-,11-/m1/s1. The van der Waals surface area contributed by atoms with Crippen LogP contribution in [-0.4, -0.2) is 32.8 Å². The maximum absolute atomic E-state index is 12.7. The minimum Gasteiger partial charge on any atom is -0.334 e. The molecule has 0 bridgehead atoms. The van der Waals surface area contributed by atoms with E-state index in [1.165, 1.54) is 16.6 Å². The van der Waals surface area contributed by atoms with E-state index in [-0.39, 0.29) is 17.2 Å². The van der Waals surface area contributed by atoms with Crippen molar-refractivity contribution in [2.75, 3.05) is 6.54 Å². The van der Waals surface area contributed by atoms with E-state index in [1.807, 2.05) is 18.7 Å². The quantitative estimate of drug-likeness (QED) is 0.796. The molecule has 0 saturated carbocycles. The van der Waals surface area contributed by atoms with Crippen LogP contribution in [0.25, 0.3) is 0 Å². The Bertz CT molecular complexity index is 611. The average molecular weight is 340 g/mol. The summed E-state index contributed by atoms with van der Waals surface area (Å²) >= 11 is 4.80. The lowest BCUT2D eigenvalue weighted by molar-refractivity contribution is -0.131. The zero-order valence-corrected chi connectivity index (χ0v) is 14.4. The maximum atomic E-state index is 12.7. The number of thioether (sulfide) groups is 1. The van der Waals surface area contributed by atoms with Crippen LogP contribution in [0, 0.1) is 6.92 Å². The van der Waals surface area contributed by atoms with Gasteiger partial charge in [0.25, 0.3) is 0 Å². The summed E-state index contributed by atoms with van der Waals surface area (Å²) in [5, 5.41) is 11.0. The minimum absolute atomic E-state index is 0.113. The number of amides is 1. The van der Waals surface area contributed by atoms with Crippen LogP contribution in [-0.2, 0) is 4.79 Å². The number of hydrogen-bond donors (Lipinski definition) is 0. The maximum Gasteiger partial charge on any atom is 0.236 e. The largest absolute Gasteiger partial charge is 0.334 e. The molecule has 3 heterocycles. The number of rotatable bonds is 4. The predicted molar refractivity (Wildman–Crippen MR) is 88.0 cm³/mol. The topological polar surface area (TPSA) is 46.1 Å². The van der Waals surface area contributed by atoms with E-state index in [0.717, 1.165) is 28.7 Å². The second-order valence-corrected chi connectivity index (χ2v) is 8.80. The summed E-state index contributed by atoms with van der Waals surface area (Å²) in [6.07, 6.45) is 2.16. The number of nitrogens with zero attached hydrogens (tertiary/aromatic N) is 3. The number of hydrogen-bond acceptors (Lipinski definition) is 6. The van der Waals surface area contributed by atoms with Gasteiger partial charge in [0.2, 0.25) is 5.91 Å². The third-order valence-electron chi connectivity index (χ3n) is 3.54. The van der Waals surface area contributed by atoms with E-state index < -0.39 is 0 Å². The molecule has 0 N–H and O–H groups in total. The smallest absolute Gasteiger partial charge is 0.236 e. The molecule has 0 spiro atoms. The summed E-state index contributed by atoms with van der Waals surface area (Å²) in [7, 11) is 0. The van der Waals surface area contributed by atoms with Crippen LogP contribution in [0.5, 0.6) is 0 Å². The van der Waals surface area contributed by atoms with Crippen molar-refractivity contribution in [1.82, 2.24) is 15.1 Å². The van der Waals surface area contributed by atoms with Gasteiger partial charge >= 0.3 is 0 Å². The van der Waals surface area contributed by atoms with Crippen LogP contribution < -0.4 is 0 Å². The molecule has 0 unspecified atom stereocenters. The fraction of sp³-hybridized carbons (Fsp3) is 0.500. The Morgan fingerprint density at radius 3 is 3.05 bits per heavy atom. The molecule has 7 heteroatoms. The fourth-order valence-corrected chi connectivity index (χ4v) is 5.47.